The molecule has 0 saturated heterocycles. The third-order valence-corrected chi connectivity index (χ3v) is 3.39. The fourth-order valence-corrected chi connectivity index (χ4v) is 2.11. The van der Waals surface area contributed by atoms with Crippen molar-refractivity contribution in [3.05, 3.63) is 48.0 Å². The van der Waals surface area contributed by atoms with Crippen LogP contribution in [0, 0.1) is 0 Å². The van der Waals surface area contributed by atoms with Crippen LogP contribution in [0.25, 0.3) is 10.8 Å². The molecule has 2 aromatic carbocycles. The maximum atomic E-state index is 12.1. The second-order valence-corrected chi connectivity index (χ2v) is 5.28. The minimum Gasteiger partial charge on any atom is -0.466 e. The number of rotatable bonds is 3. The molecule has 0 atom stereocenters. The Bertz CT molecular complexity index is 650. The Morgan fingerprint density at radius 2 is 1.68 bits per heavy atom. The number of fused-ring (bicyclic) bond motifs is 1. The molecule has 3 nitrogen and oxygen atoms in total. The first kappa shape index (κ1) is 13.8. The van der Waals surface area contributed by atoms with E-state index in [0.717, 1.165) is 17.9 Å². The van der Waals surface area contributed by atoms with Gasteiger partial charge in [0.1, 0.15) is 0 Å². The summed E-state index contributed by atoms with van der Waals surface area (Å²) in [6.45, 7) is 0. The van der Waals surface area contributed by atoms with Crippen molar-refractivity contribution in [1.82, 2.24) is 0 Å². The Kier molecular flexibility index (Phi) is 3.78. The maximum Gasteiger partial charge on any atom is 0.350 e. The average molecular weight is 297 g/mol. The van der Waals surface area contributed by atoms with Crippen LogP contribution in [0.3, 0.4) is 0 Å². The van der Waals surface area contributed by atoms with E-state index >= 15 is 0 Å². The van der Waals surface area contributed by atoms with Gasteiger partial charge < -0.3 is 4.74 Å². The highest BCUT2D eigenvalue weighted by atomic mass is 35.5. The van der Waals surface area contributed by atoms with E-state index in [1.807, 2.05) is 24.3 Å². The summed E-state index contributed by atoms with van der Waals surface area (Å²) >= 11 is 11.5. The molecule has 0 aliphatic carbocycles. The summed E-state index contributed by atoms with van der Waals surface area (Å²) in [7, 11) is 1.12. The van der Waals surface area contributed by atoms with Crippen LogP contribution < -0.4 is 0 Å². The van der Waals surface area contributed by atoms with Gasteiger partial charge in [0, 0.05) is 5.56 Å². The molecule has 0 aromatic heterocycles. The molecule has 2 aromatic rings. The Morgan fingerprint density at radius 3 is 2.32 bits per heavy atom. The lowest BCUT2D eigenvalue weighted by atomic mass is 10.0. The third-order valence-electron chi connectivity index (χ3n) is 2.74. The van der Waals surface area contributed by atoms with Gasteiger partial charge in [-0.05, 0) is 16.8 Å². The lowest BCUT2D eigenvalue weighted by Crippen LogP contribution is -2.36. The second kappa shape index (κ2) is 5.19. The van der Waals surface area contributed by atoms with E-state index in [0.29, 0.717) is 0 Å². The number of hydrogen-bond donors (Lipinski definition) is 0. The van der Waals surface area contributed by atoms with Crippen molar-refractivity contribution < 1.29 is 14.3 Å². The van der Waals surface area contributed by atoms with Crippen LogP contribution in [0.5, 0.6) is 0 Å². The molecule has 2 rings (SSSR count). The molecule has 0 amide bonds. The van der Waals surface area contributed by atoms with E-state index in [4.69, 9.17) is 23.2 Å². The lowest BCUT2D eigenvalue weighted by molar-refractivity contribution is -0.140. The molecule has 0 aliphatic heterocycles. The average Bonchev–Trinajstić information content (AvgIpc) is 2.44. The largest absolute Gasteiger partial charge is 0.466 e. The molecule has 0 bridgehead atoms. The van der Waals surface area contributed by atoms with E-state index in [-0.39, 0.29) is 5.56 Å². The van der Waals surface area contributed by atoms with Crippen molar-refractivity contribution in [2.75, 3.05) is 7.11 Å². The number of benzene rings is 2. The van der Waals surface area contributed by atoms with Crippen LogP contribution in [0.15, 0.2) is 42.5 Å². The number of esters is 1. The maximum absolute atomic E-state index is 12.1. The number of methoxy groups -OCH3 is 1. The SMILES string of the molecule is COC(=O)C(Cl)(Cl)C(=O)c1ccc2ccccc2c1. The van der Waals surface area contributed by atoms with Crippen molar-refractivity contribution in [2.45, 2.75) is 4.33 Å². The standard InChI is InChI=1S/C14H10Cl2O3/c1-19-13(18)14(15,16)12(17)11-7-6-9-4-2-3-5-10(9)8-11/h2-8H,1H3. The molecule has 0 heterocycles. The van der Waals surface area contributed by atoms with Gasteiger partial charge in [0.2, 0.25) is 5.78 Å². The molecule has 0 unspecified atom stereocenters. The summed E-state index contributed by atoms with van der Waals surface area (Å²) in [4.78, 5) is 23.6. The summed E-state index contributed by atoms with van der Waals surface area (Å²) in [5, 5.41) is 1.84. The Labute approximate surface area is 120 Å². The summed E-state index contributed by atoms with van der Waals surface area (Å²) < 4.78 is 2.20. The van der Waals surface area contributed by atoms with E-state index < -0.39 is 16.1 Å². The molecule has 0 saturated carbocycles. The predicted octanol–water partition coefficient (Wildman–Crippen LogP) is 3.37. The molecule has 0 radical (unpaired) electrons. The zero-order chi connectivity index (χ0) is 14.0. The van der Waals surface area contributed by atoms with Gasteiger partial charge in [-0.1, -0.05) is 59.6 Å². The lowest BCUT2D eigenvalue weighted by Gasteiger charge is -2.15. The molecule has 5 heteroatoms. The van der Waals surface area contributed by atoms with Crippen LogP contribution in [0.1, 0.15) is 10.4 Å². The van der Waals surface area contributed by atoms with E-state index in [9.17, 15) is 9.59 Å². The molecular formula is C14H10Cl2O3. The smallest absolute Gasteiger partial charge is 0.350 e. The van der Waals surface area contributed by atoms with Crippen LogP contribution in [0.2, 0.25) is 0 Å². The van der Waals surface area contributed by atoms with Crippen molar-refractivity contribution in [3.63, 3.8) is 0 Å². The van der Waals surface area contributed by atoms with Crippen molar-refractivity contribution in [3.8, 4) is 0 Å². The fourth-order valence-electron chi connectivity index (χ4n) is 1.73. The number of ether oxygens (including phenoxy) is 1. The predicted molar refractivity (Wildman–Crippen MR) is 74.7 cm³/mol. The normalized spacial score (nSPS) is 11.3. The summed E-state index contributed by atoms with van der Waals surface area (Å²) in [5.74, 6) is -1.69. The quantitative estimate of drug-likeness (QED) is 0.377. The summed E-state index contributed by atoms with van der Waals surface area (Å²) in [6.07, 6.45) is 0. The Morgan fingerprint density at radius 1 is 1.05 bits per heavy atom. The molecule has 0 aliphatic rings. The van der Waals surface area contributed by atoms with Crippen molar-refractivity contribution >= 4 is 45.7 Å². The third kappa shape index (κ3) is 2.57. The molecule has 98 valence electrons. The number of alkyl halides is 2. The summed E-state index contributed by atoms with van der Waals surface area (Å²) in [6, 6.07) is 12.5. The van der Waals surface area contributed by atoms with Crippen LogP contribution in [-0.2, 0) is 9.53 Å². The molecule has 0 fully saturated rings. The van der Waals surface area contributed by atoms with Gasteiger partial charge >= 0.3 is 5.97 Å². The van der Waals surface area contributed by atoms with Gasteiger partial charge in [-0.3, -0.25) is 4.79 Å². The highest BCUT2D eigenvalue weighted by Crippen LogP contribution is 2.29. The number of carbonyl (C=O) groups is 2. The number of carbonyl (C=O) groups excluding carboxylic acids is 2. The minimum absolute atomic E-state index is 0.258. The fraction of sp³-hybridized carbons (Fsp3) is 0.143. The first-order valence-electron chi connectivity index (χ1n) is 5.46. The second-order valence-electron chi connectivity index (χ2n) is 3.96. The van der Waals surface area contributed by atoms with Crippen LogP contribution in [0.4, 0.5) is 0 Å². The van der Waals surface area contributed by atoms with Crippen LogP contribution >= 0.6 is 23.2 Å². The number of halogens is 2. The highest BCUT2D eigenvalue weighted by molar-refractivity contribution is 6.68. The zero-order valence-electron chi connectivity index (χ0n) is 10.0. The molecular weight excluding hydrogens is 287 g/mol. The van der Waals surface area contributed by atoms with E-state index in [2.05, 4.69) is 4.74 Å². The van der Waals surface area contributed by atoms with Crippen LogP contribution in [-0.4, -0.2) is 23.2 Å². The van der Waals surface area contributed by atoms with Gasteiger partial charge in [-0.25, -0.2) is 4.79 Å². The molecule has 0 N–H and O–H groups in total. The number of Topliss-reactive ketones (excluding diaryl/α,β-unsaturated/α-hetero) is 1. The van der Waals surface area contributed by atoms with Gasteiger partial charge in [0.15, 0.2) is 0 Å². The topological polar surface area (TPSA) is 43.4 Å². The molecule has 19 heavy (non-hydrogen) atoms. The first-order valence-corrected chi connectivity index (χ1v) is 6.22. The Hall–Kier alpha value is -1.58. The van der Waals surface area contributed by atoms with Gasteiger partial charge in [0.25, 0.3) is 4.33 Å². The number of hydrogen-bond acceptors (Lipinski definition) is 3. The van der Waals surface area contributed by atoms with Gasteiger partial charge in [0.05, 0.1) is 7.11 Å². The van der Waals surface area contributed by atoms with Crippen molar-refractivity contribution in [2.24, 2.45) is 0 Å². The number of ketones is 1. The van der Waals surface area contributed by atoms with E-state index in [1.54, 1.807) is 18.2 Å². The van der Waals surface area contributed by atoms with Gasteiger partial charge in [-0.15, -0.1) is 0 Å². The zero-order valence-corrected chi connectivity index (χ0v) is 11.5. The highest BCUT2D eigenvalue weighted by Gasteiger charge is 2.43. The summed E-state index contributed by atoms with van der Waals surface area (Å²) in [5.41, 5.74) is 0.258. The van der Waals surface area contributed by atoms with Crippen molar-refractivity contribution in [1.29, 1.82) is 0 Å². The first-order chi connectivity index (χ1) is 8.96. The van der Waals surface area contributed by atoms with Gasteiger partial charge in [-0.2, -0.15) is 0 Å². The Balaban J connectivity index is 2.44. The monoisotopic (exact) mass is 296 g/mol. The molecule has 0 spiro atoms. The van der Waals surface area contributed by atoms with E-state index in [1.165, 1.54) is 0 Å². The minimum atomic E-state index is -2.22.